The van der Waals surface area contributed by atoms with E-state index < -0.39 is 11.8 Å². The summed E-state index contributed by atoms with van der Waals surface area (Å²) in [5.74, 6) is -0.280. The molecule has 0 unspecified atom stereocenters. The molecule has 0 spiro atoms. The van der Waals surface area contributed by atoms with Crippen LogP contribution in [0.4, 0.5) is 9.39 Å². The lowest BCUT2D eigenvalue weighted by molar-refractivity contribution is -0.113. The maximum absolute atomic E-state index is 13.4. The molecular formula is C26H22ClFN4O4S2. The fourth-order valence-electron chi connectivity index (χ4n) is 3.63. The van der Waals surface area contributed by atoms with Crippen LogP contribution in [-0.2, 0) is 16.1 Å². The number of amides is 1. The number of carbonyl (C=O) groups excluding carboxylic acids is 2. The summed E-state index contributed by atoms with van der Waals surface area (Å²) in [6.07, 6.45) is 1.69. The van der Waals surface area contributed by atoms with Gasteiger partial charge in [0.15, 0.2) is 11.0 Å². The van der Waals surface area contributed by atoms with Crippen LogP contribution in [0.3, 0.4) is 0 Å². The van der Waals surface area contributed by atoms with E-state index in [0.717, 1.165) is 0 Å². The van der Waals surface area contributed by atoms with Crippen molar-refractivity contribution in [1.29, 1.82) is 0 Å². The summed E-state index contributed by atoms with van der Waals surface area (Å²) in [6, 6.07) is 10.9. The van der Waals surface area contributed by atoms with Gasteiger partial charge in [0.1, 0.15) is 22.1 Å². The van der Waals surface area contributed by atoms with Crippen LogP contribution >= 0.6 is 34.7 Å². The van der Waals surface area contributed by atoms with E-state index in [4.69, 9.17) is 21.1 Å². The minimum Gasteiger partial charge on any atom is -0.496 e. The van der Waals surface area contributed by atoms with E-state index in [1.165, 1.54) is 42.3 Å². The summed E-state index contributed by atoms with van der Waals surface area (Å²) >= 11 is 8.55. The second-order valence-corrected chi connectivity index (χ2v) is 10.00. The van der Waals surface area contributed by atoms with E-state index in [0.29, 0.717) is 50.0 Å². The van der Waals surface area contributed by atoms with Crippen molar-refractivity contribution in [1.82, 2.24) is 14.8 Å². The highest BCUT2D eigenvalue weighted by molar-refractivity contribution is 7.99. The smallest absolute Gasteiger partial charge is 0.341 e. The molecule has 0 aliphatic carbocycles. The topological polar surface area (TPSA) is 95.3 Å². The molecule has 38 heavy (non-hydrogen) atoms. The van der Waals surface area contributed by atoms with Gasteiger partial charge in [0.25, 0.3) is 0 Å². The first kappa shape index (κ1) is 27.4. The van der Waals surface area contributed by atoms with Crippen LogP contribution < -0.4 is 10.1 Å². The van der Waals surface area contributed by atoms with Gasteiger partial charge in [-0.2, -0.15) is 0 Å². The Labute approximate surface area is 231 Å². The quantitative estimate of drug-likeness (QED) is 0.138. The van der Waals surface area contributed by atoms with Gasteiger partial charge in [-0.05, 0) is 35.9 Å². The number of rotatable bonds is 10. The Bertz CT molecular complexity index is 1490. The van der Waals surface area contributed by atoms with E-state index in [1.54, 1.807) is 53.5 Å². The second kappa shape index (κ2) is 12.2. The summed E-state index contributed by atoms with van der Waals surface area (Å²) in [6.45, 7) is 4.19. The molecule has 0 aliphatic heterocycles. The number of thioether (sulfide) groups is 1. The molecule has 2 heterocycles. The molecule has 0 saturated heterocycles. The molecule has 2 aromatic carbocycles. The fourth-order valence-corrected chi connectivity index (χ4v) is 5.53. The Morgan fingerprint density at radius 2 is 1.95 bits per heavy atom. The Morgan fingerprint density at radius 1 is 1.18 bits per heavy atom. The number of anilines is 1. The SMILES string of the molecule is C=CCn1c(SCC(=O)Nc2scc(-c3ccc(F)cc3)c2C(=O)OC)nnc1-c1cc(Cl)ccc1OC. The maximum Gasteiger partial charge on any atom is 0.341 e. The lowest BCUT2D eigenvalue weighted by atomic mass is 10.0. The summed E-state index contributed by atoms with van der Waals surface area (Å²) in [4.78, 5) is 25.4. The van der Waals surface area contributed by atoms with E-state index >= 15 is 0 Å². The first-order valence-corrected chi connectivity index (χ1v) is 13.4. The number of carbonyl (C=O) groups is 2. The number of methoxy groups -OCH3 is 2. The van der Waals surface area contributed by atoms with Gasteiger partial charge >= 0.3 is 5.97 Å². The van der Waals surface area contributed by atoms with Crippen LogP contribution in [0.1, 0.15) is 10.4 Å². The molecule has 0 aliphatic rings. The number of ether oxygens (including phenoxy) is 2. The van der Waals surface area contributed by atoms with Crippen molar-refractivity contribution in [3.8, 4) is 28.3 Å². The third kappa shape index (κ3) is 5.90. The molecule has 0 saturated carbocycles. The first-order chi connectivity index (χ1) is 18.4. The number of benzene rings is 2. The van der Waals surface area contributed by atoms with Crippen LogP contribution in [0.15, 0.2) is 65.7 Å². The van der Waals surface area contributed by atoms with Crippen molar-refractivity contribution in [3.63, 3.8) is 0 Å². The highest BCUT2D eigenvalue weighted by Gasteiger charge is 2.23. The average Bonchev–Trinajstić information content (AvgIpc) is 3.51. The van der Waals surface area contributed by atoms with E-state index in [1.807, 2.05) is 0 Å². The average molecular weight is 573 g/mol. The van der Waals surface area contributed by atoms with E-state index in [9.17, 15) is 14.0 Å². The van der Waals surface area contributed by atoms with Crippen molar-refractivity contribution in [3.05, 3.63) is 76.9 Å². The summed E-state index contributed by atoms with van der Waals surface area (Å²) in [5.41, 5.74) is 2.02. The number of hydrogen-bond acceptors (Lipinski definition) is 8. The number of nitrogens with zero attached hydrogens (tertiary/aromatic N) is 3. The molecular weight excluding hydrogens is 551 g/mol. The molecule has 0 bridgehead atoms. The molecule has 4 rings (SSSR count). The second-order valence-electron chi connectivity index (χ2n) is 7.74. The molecule has 2 aromatic heterocycles. The van der Waals surface area contributed by atoms with Gasteiger partial charge < -0.3 is 14.8 Å². The highest BCUT2D eigenvalue weighted by Crippen LogP contribution is 2.37. The highest BCUT2D eigenvalue weighted by atomic mass is 35.5. The van der Waals surface area contributed by atoms with Gasteiger partial charge in [-0.25, -0.2) is 9.18 Å². The van der Waals surface area contributed by atoms with Crippen LogP contribution in [0.2, 0.25) is 5.02 Å². The normalized spacial score (nSPS) is 10.7. The zero-order valence-corrected chi connectivity index (χ0v) is 22.8. The standard InChI is InChI=1S/C26H22ClFN4O4S2/c1-4-11-32-23(18-12-16(27)7-10-20(18)35-2)30-31-26(32)38-14-21(33)29-24-22(25(34)36-3)19(13-37-24)15-5-8-17(28)9-6-15/h4-10,12-13H,1,11,14H2,2-3H3,(H,29,33). The summed E-state index contributed by atoms with van der Waals surface area (Å²) < 4.78 is 25.6. The monoisotopic (exact) mass is 572 g/mol. The number of nitrogens with one attached hydrogen (secondary N) is 1. The minimum absolute atomic E-state index is 0.00759. The third-order valence-corrected chi connectivity index (χ3v) is 7.45. The molecule has 4 aromatic rings. The Morgan fingerprint density at radius 3 is 2.63 bits per heavy atom. The first-order valence-electron chi connectivity index (χ1n) is 11.1. The number of halogens is 2. The zero-order valence-electron chi connectivity index (χ0n) is 20.4. The molecule has 0 fully saturated rings. The molecule has 0 atom stereocenters. The van der Waals surface area contributed by atoms with Crippen LogP contribution in [0.5, 0.6) is 5.75 Å². The Hall–Kier alpha value is -3.67. The van der Waals surface area contributed by atoms with Crippen LogP contribution in [-0.4, -0.2) is 46.6 Å². The van der Waals surface area contributed by atoms with Gasteiger partial charge in [-0.3, -0.25) is 9.36 Å². The molecule has 196 valence electrons. The van der Waals surface area contributed by atoms with Gasteiger partial charge in [-0.1, -0.05) is 41.6 Å². The van der Waals surface area contributed by atoms with Crippen molar-refractivity contribution in [2.24, 2.45) is 0 Å². The predicted molar refractivity (Wildman–Crippen MR) is 148 cm³/mol. The van der Waals surface area contributed by atoms with Gasteiger partial charge in [0.05, 0.1) is 25.5 Å². The van der Waals surface area contributed by atoms with Crippen LogP contribution in [0.25, 0.3) is 22.5 Å². The Kier molecular flexibility index (Phi) is 8.82. The summed E-state index contributed by atoms with van der Waals surface area (Å²) in [7, 11) is 2.81. The molecule has 12 heteroatoms. The van der Waals surface area contributed by atoms with E-state index in [2.05, 4.69) is 22.1 Å². The van der Waals surface area contributed by atoms with Crippen molar-refractivity contribution >= 4 is 51.6 Å². The molecule has 0 radical (unpaired) electrons. The predicted octanol–water partition coefficient (Wildman–Crippen LogP) is 6.18. The fraction of sp³-hybridized carbons (Fsp3) is 0.154. The van der Waals surface area contributed by atoms with Crippen molar-refractivity contribution < 1.29 is 23.5 Å². The molecule has 1 amide bonds. The lowest BCUT2D eigenvalue weighted by Gasteiger charge is -2.11. The number of hydrogen-bond donors (Lipinski definition) is 1. The van der Waals surface area contributed by atoms with Gasteiger partial charge in [0, 0.05) is 22.5 Å². The van der Waals surface area contributed by atoms with Gasteiger partial charge in [0.2, 0.25) is 5.91 Å². The van der Waals surface area contributed by atoms with Crippen LogP contribution in [0, 0.1) is 5.82 Å². The number of allylic oxidation sites excluding steroid dienone is 1. The largest absolute Gasteiger partial charge is 0.496 e. The third-order valence-electron chi connectivity index (χ3n) is 5.35. The van der Waals surface area contributed by atoms with Crippen molar-refractivity contribution in [2.75, 3.05) is 25.3 Å². The summed E-state index contributed by atoms with van der Waals surface area (Å²) in [5, 5.41) is 14.4. The zero-order chi connectivity index (χ0) is 27.2. The number of aromatic nitrogens is 3. The lowest BCUT2D eigenvalue weighted by Crippen LogP contribution is -2.16. The Balaban J connectivity index is 1.55. The maximum atomic E-state index is 13.4. The van der Waals surface area contributed by atoms with E-state index in [-0.39, 0.29) is 17.2 Å². The minimum atomic E-state index is -0.612. The van der Waals surface area contributed by atoms with Gasteiger partial charge in [-0.15, -0.1) is 28.1 Å². The number of thiophene rings is 1. The number of esters is 1. The molecule has 8 nitrogen and oxygen atoms in total. The van der Waals surface area contributed by atoms with Crippen molar-refractivity contribution in [2.45, 2.75) is 11.7 Å². The molecule has 1 N–H and O–H groups in total.